The number of ether oxygens (including phenoxy) is 1. The molecule has 2 aromatic carbocycles. The van der Waals surface area contributed by atoms with Crippen LogP contribution < -0.4 is 9.46 Å². The summed E-state index contributed by atoms with van der Waals surface area (Å²) < 4.78 is 32.0. The Morgan fingerprint density at radius 1 is 0.955 bits per heavy atom. The van der Waals surface area contributed by atoms with Crippen LogP contribution in [0.5, 0.6) is 5.75 Å². The van der Waals surface area contributed by atoms with Crippen LogP contribution in [0, 0.1) is 0 Å². The van der Waals surface area contributed by atoms with Gasteiger partial charge in [-0.3, -0.25) is 0 Å². The summed E-state index contributed by atoms with van der Waals surface area (Å²) in [6.45, 7) is 0.234. The number of sulfonamides is 1. The van der Waals surface area contributed by atoms with Crippen molar-refractivity contribution in [2.75, 3.05) is 13.2 Å². The summed E-state index contributed by atoms with van der Waals surface area (Å²) in [5, 5.41) is 0.939. The monoisotopic (exact) mass is 379 g/mol. The highest BCUT2D eigenvalue weighted by atomic mass is 35.5. The Balaban J connectivity index is 1.93. The molecule has 0 saturated heterocycles. The molecule has 0 atom stereocenters. The van der Waals surface area contributed by atoms with Gasteiger partial charge in [-0.2, -0.15) is 0 Å². The summed E-state index contributed by atoms with van der Waals surface area (Å²) in [5.74, 6) is 0.498. The van der Waals surface area contributed by atoms with Crippen LogP contribution in [0.4, 0.5) is 0 Å². The number of rotatable bonds is 6. The second-order valence-corrected chi connectivity index (χ2v) is 7.24. The van der Waals surface area contributed by atoms with Crippen LogP contribution in [0.2, 0.25) is 15.1 Å². The SMILES string of the molecule is O=S(=O)(NCCOc1ccccc1Cl)c1ccc(Cl)c(Cl)c1. The Morgan fingerprint density at radius 2 is 1.68 bits per heavy atom. The zero-order valence-electron chi connectivity index (χ0n) is 11.2. The molecule has 0 spiro atoms. The molecule has 118 valence electrons. The minimum atomic E-state index is -3.67. The van der Waals surface area contributed by atoms with Crippen molar-refractivity contribution >= 4 is 44.8 Å². The predicted octanol–water partition coefficient (Wildman–Crippen LogP) is 4.00. The summed E-state index contributed by atoms with van der Waals surface area (Å²) >= 11 is 17.5. The normalized spacial score (nSPS) is 11.4. The lowest BCUT2D eigenvalue weighted by Crippen LogP contribution is -2.28. The molecule has 0 aliphatic carbocycles. The highest BCUT2D eigenvalue weighted by Gasteiger charge is 2.15. The van der Waals surface area contributed by atoms with Crippen LogP contribution in [0.3, 0.4) is 0 Å². The van der Waals surface area contributed by atoms with Gasteiger partial charge in [0, 0.05) is 6.54 Å². The third-order valence-electron chi connectivity index (χ3n) is 2.69. The Labute approximate surface area is 144 Å². The molecule has 4 nitrogen and oxygen atoms in total. The molecule has 0 amide bonds. The maximum Gasteiger partial charge on any atom is 0.240 e. The van der Waals surface area contributed by atoms with E-state index in [1.807, 2.05) is 0 Å². The summed E-state index contributed by atoms with van der Waals surface area (Å²) in [5.41, 5.74) is 0. The smallest absolute Gasteiger partial charge is 0.240 e. The van der Waals surface area contributed by atoms with Crippen LogP contribution in [0.15, 0.2) is 47.4 Å². The van der Waals surface area contributed by atoms with Crippen molar-refractivity contribution in [2.24, 2.45) is 0 Å². The molecule has 0 unspecified atom stereocenters. The highest BCUT2D eigenvalue weighted by Crippen LogP contribution is 2.25. The number of nitrogens with one attached hydrogen (secondary N) is 1. The largest absolute Gasteiger partial charge is 0.491 e. The van der Waals surface area contributed by atoms with Crippen LogP contribution in [-0.4, -0.2) is 21.6 Å². The van der Waals surface area contributed by atoms with Crippen LogP contribution >= 0.6 is 34.8 Å². The van der Waals surface area contributed by atoms with Gasteiger partial charge in [-0.05, 0) is 30.3 Å². The minimum absolute atomic E-state index is 0.0413. The molecule has 0 aliphatic heterocycles. The van der Waals surface area contributed by atoms with Crippen molar-refractivity contribution in [2.45, 2.75) is 4.90 Å². The molecule has 22 heavy (non-hydrogen) atoms. The van der Waals surface area contributed by atoms with E-state index < -0.39 is 10.0 Å². The second-order valence-electron chi connectivity index (χ2n) is 4.25. The van der Waals surface area contributed by atoms with Gasteiger partial charge in [0.05, 0.1) is 20.0 Å². The number of halogens is 3. The quantitative estimate of drug-likeness (QED) is 0.771. The highest BCUT2D eigenvalue weighted by molar-refractivity contribution is 7.89. The molecule has 0 fully saturated rings. The van der Waals surface area contributed by atoms with E-state index in [1.54, 1.807) is 24.3 Å². The fourth-order valence-electron chi connectivity index (χ4n) is 1.63. The molecule has 0 bridgehead atoms. The molecule has 0 saturated carbocycles. The van der Waals surface area contributed by atoms with E-state index in [9.17, 15) is 8.42 Å². The molecule has 0 radical (unpaired) electrons. The van der Waals surface area contributed by atoms with E-state index in [4.69, 9.17) is 39.5 Å². The standard InChI is InChI=1S/C14H12Cl3NO3S/c15-11-6-5-10(9-13(11)17)22(19,20)18-7-8-21-14-4-2-1-3-12(14)16/h1-6,9,18H,7-8H2. The number of hydrogen-bond acceptors (Lipinski definition) is 3. The summed E-state index contributed by atoms with van der Waals surface area (Å²) in [7, 11) is -3.67. The Hall–Kier alpha value is -0.980. The summed E-state index contributed by atoms with van der Waals surface area (Å²) in [6.07, 6.45) is 0. The Bertz CT molecular complexity index is 766. The maximum absolute atomic E-state index is 12.1. The maximum atomic E-state index is 12.1. The molecule has 1 N–H and O–H groups in total. The third-order valence-corrected chi connectivity index (χ3v) is 5.20. The molecule has 2 aromatic rings. The van der Waals surface area contributed by atoms with Crippen LogP contribution in [-0.2, 0) is 10.0 Å². The van der Waals surface area contributed by atoms with Crippen LogP contribution in [0.25, 0.3) is 0 Å². The average Bonchev–Trinajstić information content (AvgIpc) is 2.48. The lowest BCUT2D eigenvalue weighted by molar-refractivity contribution is 0.323. The first kappa shape index (κ1) is 17.4. The Morgan fingerprint density at radius 3 is 2.36 bits per heavy atom. The van der Waals surface area contributed by atoms with Gasteiger partial charge >= 0.3 is 0 Å². The molecule has 2 rings (SSSR count). The van der Waals surface area contributed by atoms with Gasteiger partial charge in [0.1, 0.15) is 12.4 Å². The zero-order valence-corrected chi connectivity index (χ0v) is 14.3. The van der Waals surface area contributed by atoms with Crippen molar-refractivity contribution in [3.8, 4) is 5.75 Å². The predicted molar refractivity (Wildman–Crippen MR) is 88.6 cm³/mol. The van der Waals surface area contributed by atoms with Crippen LogP contribution in [0.1, 0.15) is 0 Å². The van der Waals surface area contributed by atoms with Crippen molar-refractivity contribution < 1.29 is 13.2 Å². The lowest BCUT2D eigenvalue weighted by atomic mass is 10.3. The number of hydrogen-bond donors (Lipinski definition) is 1. The van der Waals surface area contributed by atoms with Gasteiger partial charge in [0.25, 0.3) is 0 Å². The summed E-state index contributed by atoms with van der Waals surface area (Å²) in [4.78, 5) is 0.0413. The number of benzene rings is 2. The van der Waals surface area contributed by atoms with Gasteiger partial charge in [-0.1, -0.05) is 46.9 Å². The van der Waals surface area contributed by atoms with Crippen molar-refractivity contribution in [3.05, 3.63) is 57.5 Å². The van der Waals surface area contributed by atoms with E-state index in [1.165, 1.54) is 18.2 Å². The first-order valence-electron chi connectivity index (χ1n) is 6.22. The second kappa shape index (κ2) is 7.53. The van der Waals surface area contributed by atoms with Crippen molar-refractivity contribution in [1.29, 1.82) is 0 Å². The van der Waals surface area contributed by atoms with E-state index >= 15 is 0 Å². The molecule has 0 aliphatic rings. The first-order chi connectivity index (χ1) is 10.4. The van der Waals surface area contributed by atoms with E-state index in [-0.39, 0.29) is 23.1 Å². The molecular weight excluding hydrogens is 369 g/mol. The van der Waals surface area contributed by atoms with E-state index in [0.29, 0.717) is 15.8 Å². The van der Waals surface area contributed by atoms with E-state index in [2.05, 4.69) is 4.72 Å². The molecule has 0 heterocycles. The Kier molecular flexibility index (Phi) is 5.94. The van der Waals surface area contributed by atoms with Gasteiger partial charge in [0.2, 0.25) is 10.0 Å². The fraction of sp³-hybridized carbons (Fsp3) is 0.143. The first-order valence-corrected chi connectivity index (χ1v) is 8.84. The van der Waals surface area contributed by atoms with E-state index in [0.717, 1.165) is 0 Å². The molecule has 8 heteroatoms. The molecule has 0 aromatic heterocycles. The van der Waals surface area contributed by atoms with Gasteiger partial charge in [-0.15, -0.1) is 0 Å². The fourth-order valence-corrected chi connectivity index (χ4v) is 3.22. The van der Waals surface area contributed by atoms with Crippen molar-refractivity contribution in [3.63, 3.8) is 0 Å². The molecular formula is C14H12Cl3NO3S. The summed E-state index contributed by atoms with van der Waals surface area (Å²) in [6, 6.07) is 11.1. The third kappa shape index (κ3) is 4.51. The topological polar surface area (TPSA) is 55.4 Å². The van der Waals surface area contributed by atoms with Crippen molar-refractivity contribution in [1.82, 2.24) is 4.72 Å². The van der Waals surface area contributed by atoms with Gasteiger partial charge < -0.3 is 4.74 Å². The van der Waals surface area contributed by atoms with Gasteiger partial charge in [0.15, 0.2) is 0 Å². The van der Waals surface area contributed by atoms with Gasteiger partial charge in [-0.25, -0.2) is 13.1 Å². The number of para-hydroxylation sites is 1. The zero-order chi connectivity index (χ0) is 16.2. The lowest BCUT2D eigenvalue weighted by Gasteiger charge is -2.10. The average molecular weight is 381 g/mol. The minimum Gasteiger partial charge on any atom is -0.491 e.